The van der Waals surface area contributed by atoms with Gasteiger partial charge in [-0.05, 0) is 30.3 Å². The van der Waals surface area contributed by atoms with Gasteiger partial charge in [0.05, 0.1) is 11.7 Å². The number of halogens is 6. The zero-order chi connectivity index (χ0) is 19.4. The minimum atomic E-state index is -4.73. The third-order valence-electron chi connectivity index (χ3n) is 3.90. The summed E-state index contributed by atoms with van der Waals surface area (Å²) in [5.74, 6) is -0.452. The van der Waals surface area contributed by atoms with Crippen LogP contribution in [-0.4, -0.2) is 30.9 Å². The van der Waals surface area contributed by atoms with E-state index in [9.17, 15) is 26.3 Å². The van der Waals surface area contributed by atoms with Crippen LogP contribution in [0.4, 0.5) is 26.3 Å². The molecule has 0 atom stereocenters. The number of imidazole rings is 1. The van der Waals surface area contributed by atoms with E-state index in [1.807, 2.05) is 0 Å². The number of nitrogens with zero attached hydrogens (tertiary/aromatic N) is 4. The topological polar surface area (TPSA) is 59.4 Å². The maximum Gasteiger partial charge on any atom is 0.433 e. The quantitative estimate of drug-likeness (QED) is 0.520. The predicted octanol–water partition coefficient (Wildman–Crippen LogP) is 4.42. The van der Waals surface area contributed by atoms with E-state index < -0.39 is 30.3 Å². The highest BCUT2D eigenvalue weighted by atomic mass is 19.4. The van der Waals surface area contributed by atoms with Crippen molar-refractivity contribution in [3.63, 3.8) is 0 Å². The lowest BCUT2D eigenvalue weighted by atomic mass is 10.2. The van der Waals surface area contributed by atoms with Gasteiger partial charge in [0, 0.05) is 11.1 Å². The maximum atomic E-state index is 13.0. The van der Waals surface area contributed by atoms with Gasteiger partial charge >= 0.3 is 12.4 Å². The first-order valence-corrected chi connectivity index (χ1v) is 7.58. The van der Waals surface area contributed by atoms with Crippen LogP contribution < -0.4 is 0 Å². The lowest BCUT2D eigenvalue weighted by Gasteiger charge is -2.11. The van der Waals surface area contributed by atoms with E-state index in [0.29, 0.717) is 17.0 Å². The van der Waals surface area contributed by atoms with E-state index in [2.05, 4.69) is 20.2 Å². The number of aromatic amines is 1. The van der Waals surface area contributed by atoms with Gasteiger partial charge in [0.1, 0.15) is 23.5 Å². The Morgan fingerprint density at radius 3 is 2.44 bits per heavy atom. The van der Waals surface area contributed by atoms with Crippen molar-refractivity contribution in [1.82, 2.24) is 24.7 Å². The fourth-order valence-corrected chi connectivity index (χ4v) is 2.80. The number of hydrogen-bond donors (Lipinski definition) is 1. The van der Waals surface area contributed by atoms with Crippen molar-refractivity contribution in [2.24, 2.45) is 0 Å². The number of H-pyrrole nitrogens is 1. The van der Waals surface area contributed by atoms with Gasteiger partial charge in [-0.2, -0.15) is 31.4 Å². The second-order valence-corrected chi connectivity index (χ2v) is 5.83. The van der Waals surface area contributed by atoms with Crippen molar-refractivity contribution in [1.29, 1.82) is 0 Å². The van der Waals surface area contributed by atoms with E-state index in [1.165, 1.54) is 18.3 Å². The zero-order valence-electron chi connectivity index (χ0n) is 13.2. The Balaban J connectivity index is 1.99. The predicted molar refractivity (Wildman–Crippen MR) is 83.3 cm³/mol. The van der Waals surface area contributed by atoms with Gasteiger partial charge in [-0.25, -0.2) is 9.97 Å². The van der Waals surface area contributed by atoms with Crippen molar-refractivity contribution >= 4 is 22.1 Å². The van der Waals surface area contributed by atoms with Crippen LogP contribution in [0, 0.1) is 0 Å². The molecule has 0 radical (unpaired) electrons. The summed E-state index contributed by atoms with van der Waals surface area (Å²) in [7, 11) is 0. The lowest BCUT2D eigenvalue weighted by Crippen LogP contribution is -2.16. The molecule has 11 heteroatoms. The fourth-order valence-electron chi connectivity index (χ4n) is 2.80. The monoisotopic (exact) mass is 385 g/mol. The second-order valence-electron chi connectivity index (χ2n) is 5.83. The van der Waals surface area contributed by atoms with E-state index in [1.54, 1.807) is 6.07 Å². The molecule has 0 spiro atoms. The van der Waals surface area contributed by atoms with E-state index in [0.717, 1.165) is 10.6 Å². The Morgan fingerprint density at radius 1 is 0.963 bits per heavy atom. The molecule has 0 unspecified atom stereocenters. The van der Waals surface area contributed by atoms with Crippen molar-refractivity contribution < 1.29 is 26.3 Å². The largest absolute Gasteiger partial charge is 0.433 e. The molecule has 5 nitrogen and oxygen atoms in total. The van der Waals surface area contributed by atoms with Crippen molar-refractivity contribution in [2.45, 2.75) is 18.8 Å². The first-order chi connectivity index (χ1) is 12.6. The van der Waals surface area contributed by atoms with Gasteiger partial charge < -0.3 is 0 Å². The Labute approximate surface area is 146 Å². The summed E-state index contributed by atoms with van der Waals surface area (Å²) in [6.07, 6.45) is -9.28. The van der Waals surface area contributed by atoms with Crippen molar-refractivity contribution in [3.8, 4) is 5.69 Å². The Bertz CT molecular complexity index is 1140. The molecule has 140 valence electrons. The van der Waals surface area contributed by atoms with Gasteiger partial charge in [-0.3, -0.25) is 9.67 Å². The lowest BCUT2D eigenvalue weighted by molar-refractivity contribution is -0.141. The molecule has 0 bridgehead atoms. The molecule has 0 fully saturated rings. The minimum Gasteiger partial charge on any atom is -0.280 e. The number of nitrogens with one attached hydrogen (secondary N) is 1. The fraction of sp³-hybridized carbons (Fsp3) is 0.188. The van der Waals surface area contributed by atoms with Gasteiger partial charge in [0.2, 0.25) is 0 Å². The molecule has 3 heterocycles. The summed E-state index contributed by atoms with van der Waals surface area (Å²) in [5, 5.41) is 7.09. The molecule has 27 heavy (non-hydrogen) atoms. The maximum absolute atomic E-state index is 13.0. The van der Waals surface area contributed by atoms with Crippen LogP contribution in [0.1, 0.15) is 11.5 Å². The average Bonchev–Trinajstić information content (AvgIpc) is 3.14. The average molecular weight is 385 g/mol. The highest BCUT2D eigenvalue weighted by Gasteiger charge is 2.35. The van der Waals surface area contributed by atoms with E-state index in [4.69, 9.17) is 0 Å². The van der Waals surface area contributed by atoms with Gasteiger partial charge in [-0.15, -0.1) is 0 Å². The van der Waals surface area contributed by atoms with Gasteiger partial charge in [0.15, 0.2) is 5.65 Å². The minimum absolute atomic E-state index is 0.0606. The Kier molecular flexibility index (Phi) is 3.65. The number of hydrogen-bond acceptors (Lipinski definition) is 3. The van der Waals surface area contributed by atoms with Crippen LogP contribution in [0.2, 0.25) is 0 Å². The molecule has 4 aromatic rings. The smallest absolute Gasteiger partial charge is 0.280 e. The number of fused-ring (bicyclic) bond motifs is 2. The molecule has 0 aliphatic rings. The summed E-state index contributed by atoms with van der Waals surface area (Å²) in [6.45, 7) is 0. The summed E-state index contributed by atoms with van der Waals surface area (Å²) in [5.41, 5.74) is -0.734. The first-order valence-electron chi connectivity index (χ1n) is 7.58. The van der Waals surface area contributed by atoms with Crippen LogP contribution in [0.5, 0.6) is 0 Å². The number of alkyl halides is 6. The number of rotatable bonds is 2. The molecule has 3 aromatic heterocycles. The molecule has 0 saturated carbocycles. The summed E-state index contributed by atoms with van der Waals surface area (Å²) in [4.78, 5) is 7.38. The Morgan fingerprint density at radius 2 is 1.74 bits per heavy atom. The van der Waals surface area contributed by atoms with E-state index in [-0.39, 0.29) is 16.9 Å². The first kappa shape index (κ1) is 17.3. The van der Waals surface area contributed by atoms with Crippen LogP contribution in [0.3, 0.4) is 0 Å². The van der Waals surface area contributed by atoms with Crippen molar-refractivity contribution in [3.05, 3.63) is 48.0 Å². The van der Waals surface area contributed by atoms with Crippen molar-refractivity contribution in [2.75, 3.05) is 0 Å². The van der Waals surface area contributed by atoms with Crippen LogP contribution in [-0.2, 0) is 12.6 Å². The summed E-state index contributed by atoms with van der Waals surface area (Å²) in [6, 6.07) is 6.23. The number of aromatic nitrogens is 5. The van der Waals surface area contributed by atoms with E-state index >= 15 is 0 Å². The molecule has 0 aliphatic carbocycles. The molecule has 0 aliphatic heterocycles. The number of benzene rings is 1. The summed E-state index contributed by atoms with van der Waals surface area (Å²) < 4.78 is 78.9. The van der Waals surface area contributed by atoms with Gasteiger partial charge in [-0.1, -0.05) is 0 Å². The zero-order valence-corrected chi connectivity index (χ0v) is 13.2. The third-order valence-corrected chi connectivity index (χ3v) is 3.90. The van der Waals surface area contributed by atoms with Crippen LogP contribution in [0.25, 0.3) is 27.8 Å². The highest BCUT2D eigenvalue weighted by Crippen LogP contribution is 2.32. The van der Waals surface area contributed by atoms with Gasteiger partial charge in [0.25, 0.3) is 0 Å². The molecule has 0 saturated heterocycles. The molecule has 1 aromatic carbocycles. The van der Waals surface area contributed by atoms with Crippen LogP contribution in [0.15, 0.2) is 36.5 Å². The highest BCUT2D eigenvalue weighted by molar-refractivity contribution is 5.82. The SMILES string of the molecule is FC(F)(F)Cc1nc2ccc(C(F)(F)F)nc2n1-c1ccc2[nH]ncc2c1. The molecular weight excluding hydrogens is 376 g/mol. The number of pyridine rings is 1. The van der Waals surface area contributed by atoms with Crippen LogP contribution >= 0.6 is 0 Å². The normalized spacial score (nSPS) is 13.0. The molecule has 4 rings (SSSR count). The Hall–Kier alpha value is -3.11. The molecular formula is C16H9F6N5. The standard InChI is InChI=1S/C16H9F6N5/c17-15(18,19)6-13-24-11-3-4-12(16(20,21)22)25-14(11)27(13)9-1-2-10-8(5-9)7-23-26-10/h1-5,7H,6H2,(H,23,26). The third kappa shape index (κ3) is 3.20. The summed E-state index contributed by atoms with van der Waals surface area (Å²) >= 11 is 0. The second kappa shape index (κ2) is 5.69. The molecule has 0 amide bonds. The molecule has 1 N–H and O–H groups in total.